The molecule has 0 radical (unpaired) electrons. The lowest BCUT2D eigenvalue weighted by atomic mass is 9.95. The molecule has 5 nitrogen and oxygen atoms in total. The van der Waals surface area contributed by atoms with Crippen molar-refractivity contribution in [1.29, 1.82) is 0 Å². The molecule has 0 bridgehead atoms. The molecule has 0 atom stereocenters. The summed E-state index contributed by atoms with van der Waals surface area (Å²) in [6.07, 6.45) is 1.75. The summed E-state index contributed by atoms with van der Waals surface area (Å²) < 4.78 is 0. The van der Waals surface area contributed by atoms with Gasteiger partial charge in [-0.05, 0) is 37.1 Å². The van der Waals surface area contributed by atoms with Gasteiger partial charge in [0.15, 0.2) is 0 Å². The number of hydrogen-bond acceptors (Lipinski definition) is 3. The minimum absolute atomic E-state index is 0.0434. The molecule has 2 heterocycles. The number of aromatic hydroxyl groups is 1. The SMILES string of the molecule is O=C(c1ccccc1O)N1CCC(c2nc3ccccc3[nH]2)CC1. The lowest BCUT2D eigenvalue weighted by Gasteiger charge is -2.31. The van der Waals surface area contributed by atoms with Crippen molar-refractivity contribution in [3.05, 3.63) is 59.9 Å². The summed E-state index contributed by atoms with van der Waals surface area (Å²) >= 11 is 0. The van der Waals surface area contributed by atoms with Gasteiger partial charge >= 0.3 is 0 Å². The average molecular weight is 321 g/mol. The molecule has 4 rings (SSSR count). The maximum absolute atomic E-state index is 12.5. The topological polar surface area (TPSA) is 69.2 Å². The number of imidazole rings is 1. The summed E-state index contributed by atoms with van der Waals surface area (Å²) in [5.74, 6) is 1.29. The Kier molecular flexibility index (Phi) is 3.69. The molecule has 24 heavy (non-hydrogen) atoms. The van der Waals surface area contributed by atoms with E-state index in [1.54, 1.807) is 24.3 Å². The summed E-state index contributed by atoms with van der Waals surface area (Å²) in [6.45, 7) is 1.35. The van der Waals surface area contributed by atoms with E-state index in [1.165, 1.54) is 0 Å². The van der Waals surface area contributed by atoms with Crippen LogP contribution in [0.25, 0.3) is 11.0 Å². The zero-order valence-corrected chi connectivity index (χ0v) is 13.3. The van der Waals surface area contributed by atoms with Crippen molar-refractivity contribution in [2.75, 3.05) is 13.1 Å². The first kappa shape index (κ1) is 14.8. The number of H-pyrrole nitrogens is 1. The molecule has 1 amide bonds. The van der Waals surface area contributed by atoms with Crippen molar-refractivity contribution >= 4 is 16.9 Å². The smallest absolute Gasteiger partial charge is 0.257 e. The minimum atomic E-state index is -0.101. The number of para-hydroxylation sites is 3. The lowest BCUT2D eigenvalue weighted by Crippen LogP contribution is -2.38. The monoisotopic (exact) mass is 321 g/mol. The first-order chi connectivity index (χ1) is 11.7. The zero-order valence-electron chi connectivity index (χ0n) is 13.3. The maximum atomic E-state index is 12.5. The van der Waals surface area contributed by atoms with Gasteiger partial charge in [-0.25, -0.2) is 4.98 Å². The number of rotatable bonds is 2. The fourth-order valence-electron chi connectivity index (χ4n) is 3.35. The highest BCUT2D eigenvalue weighted by Crippen LogP contribution is 2.29. The second-order valence-corrected chi connectivity index (χ2v) is 6.22. The Bertz CT molecular complexity index is 846. The summed E-state index contributed by atoms with van der Waals surface area (Å²) in [7, 11) is 0. The number of aromatic nitrogens is 2. The van der Waals surface area contributed by atoms with E-state index in [1.807, 2.05) is 29.2 Å². The van der Waals surface area contributed by atoms with Gasteiger partial charge in [-0.2, -0.15) is 0 Å². The van der Waals surface area contributed by atoms with Crippen LogP contribution in [0, 0.1) is 0 Å². The van der Waals surface area contributed by atoms with E-state index in [2.05, 4.69) is 9.97 Å². The highest BCUT2D eigenvalue weighted by molar-refractivity contribution is 5.96. The number of amides is 1. The summed E-state index contributed by atoms with van der Waals surface area (Å²) in [6, 6.07) is 14.7. The molecular weight excluding hydrogens is 302 g/mol. The number of benzene rings is 2. The van der Waals surface area contributed by atoms with E-state index in [-0.39, 0.29) is 11.7 Å². The van der Waals surface area contributed by atoms with Gasteiger partial charge in [0, 0.05) is 19.0 Å². The van der Waals surface area contributed by atoms with Gasteiger partial charge in [-0.1, -0.05) is 24.3 Å². The van der Waals surface area contributed by atoms with E-state index in [9.17, 15) is 9.90 Å². The molecule has 2 N–H and O–H groups in total. The van der Waals surface area contributed by atoms with E-state index >= 15 is 0 Å². The molecule has 122 valence electrons. The number of nitrogens with zero attached hydrogens (tertiary/aromatic N) is 2. The van der Waals surface area contributed by atoms with Crippen LogP contribution in [0.1, 0.15) is 34.9 Å². The number of phenols is 1. The first-order valence-electron chi connectivity index (χ1n) is 8.24. The second-order valence-electron chi connectivity index (χ2n) is 6.22. The predicted octanol–water partition coefficient (Wildman–Crippen LogP) is 3.29. The van der Waals surface area contributed by atoms with Crippen molar-refractivity contribution in [1.82, 2.24) is 14.9 Å². The molecule has 0 aliphatic carbocycles. The standard InChI is InChI=1S/C19H19N3O2/c23-17-8-4-1-5-14(17)19(24)22-11-9-13(10-12-22)18-20-15-6-2-3-7-16(15)21-18/h1-8,13,23H,9-12H2,(H,20,21). The largest absolute Gasteiger partial charge is 0.507 e. The van der Waals surface area contributed by atoms with Gasteiger partial charge in [0.2, 0.25) is 0 Å². The van der Waals surface area contributed by atoms with Crippen LogP contribution in [0.5, 0.6) is 5.75 Å². The Morgan fingerprint density at radius 2 is 1.79 bits per heavy atom. The molecule has 1 aromatic heterocycles. The van der Waals surface area contributed by atoms with E-state index in [4.69, 9.17) is 0 Å². The molecule has 0 spiro atoms. The van der Waals surface area contributed by atoms with Crippen molar-refractivity contribution in [3.63, 3.8) is 0 Å². The average Bonchev–Trinajstić information content (AvgIpc) is 3.06. The number of nitrogens with one attached hydrogen (secondary N) is 1. The van der Waals surface area contributed by atoms with Crippen LogP contribution in [0.4, 0.5) is 0 Å². The fraction of sp³-hybridized carbons (Fsp3) is 0.263. The van der Waals surface area contributed by atoms with Crippen molar-refractivity contribution in [3.8, 4) is 5.75 Å². The quantitative estimate of drug-likeness (QED) is 0.761. The summed E-state index contributed by atoms with van der Waals surface area (Å²) in [5, 5.41) is 9.86. The van der Waals surface area contributed by atoms with Crippen LogP contribution < -0.4 is 0 Å². The molecular formula is C19H19N3O2. The number of piperidine rings is 1. The highest BCUT2D eigenvalue weighted by atomic mass is 16.3. The number of phenolic OH excluding ortho intramolecular Hbond substituents is 1. The third kappa shape index (κ3) is 2.62. The van der Waals surface area contributed by atoms with Gasteiger partial charge in [0.25, 0.3) is 5.91 Å². The van der Waals surface area contributed by atoms with Gasteiger partial charge < -0.3 is 15.0 Å². The Morgan fingerprint density at radius 3 is 2.54 bits per heavy atom. The van der Waals surface area contributed by atoms with Crippen LogP contribution in [0.2, 0.25) is 0 Å². The van der Waals surface area contributed by atoms with Crippen LogP contribution in [0.15, 0.2) is 48.5 Å². The van der Waals surface area contributed by atoms with Crippen LogP contribution in [-0.2, 0) is 0 Å². The lowest BCUT2D eigenvalue weighted by molar-refractivity contribution is 0.0708. The summed E-state index contributed by atoms with van der Waals surface area (Å²) in [4.78, 5) is 22.4. The molecule has 2 aromatic carbocycles. The van der Waals surface area contributed by atoms with Crippen molar-refractivity contribution < 1.29 is 9.90 Å². The Labute approximate surface area is 139 Å². The predicted molar refractivity (Wildman–Crippen MR) is 92.1 cm³/mol. The molecule has 1 fully saturated rings. The second kappa shape index (κ2) is 6.00. The van der Waals surface area contributed by atoms with E-state index in [0.29, 0.717) is 24.6 Å². The van der Waals surface area contributed by atoms with Crippen molar-refractivity contribution in [2.24, 2.45) is 0 Å². The van der Waals surface area contributed by atoms with Gasteiger partial charge in [-0.15, -0.1) is 0 Å². The van der Waals surface area contributed by atoms with Gasteiger partial charge in [0.05, 0.1) is 16.6 Å². The number of likely N-dealkylation sites (tertiary alicyclic amines) is 1. The number of fused-ring (bicyclic) bond motifs is 1. The number of aromatic amines is 1. The number of carbonyl (C=O) groups is 1. The third-order valence-electron chi connectivity index (χ3n) is 4.71. The molecule has 1 aliphatic rings. The van der Waals surface area contributed by atoms with E-state index < -0.39 is 0 Å². The van der Waals surface area contributed by atoms with Gasteiger partial charge in [0.1, 0.15) is 11.6 Å². The number of carbonyl (C=O) groups excluding carboxylic acids is 1. The van der Waals surface area contributed by atoms with Crippen LogP contribution >= 0.6 is 0 Å². The molecule has 1 aliphatic heterocycles. The Hall–Kier alpha value is -2.82. The molecule has 5 heteroatoms. The van der Waals surface area contributed by atoms with E-state index in [0.717, 1.165) is 29.7 Å². The highest BCUT2D eigenvalue weighted by Gasteiger charge is 2.27. The molecule has 0 unspecified atom stereocenters. The molecule has 1 saturated heterocycles. The van der Waals surface area contributed by atoms with Crippen LogP contribution in [-0.4, -0.2) is 39.0 Å². The third-order valence-corrected chi connectivity index (χ3v) is 4.71. The number of hydrogen-bond donors (Lipinski definition) is 2. The zero-order chi connectivity index (χ0) is 16.5. The van der Waals surface area contributed by atoms with Crippen LogP contribution in [0.3, 0.4) is 0 Å². The minimum Gasteiger partial charge on any atom is -0.507 e. The Balaban J connectivity index is 1.47. The Morgan fingerprint density at radius 1 is 1.08 bits per heavy atom. The fourth-order valence-corrected chi connectivity index (χ4v) is 3.35. The van der Waals surface area contributed by atoms with Crippen molar-refractivity contribution in [2.45, 2.75) is 18.8 Å². The summed E-state index contributed by atoms with van der Waals surface area (Å²) in [5.41, 5.74) is 2.42. The molecule has 3 aromatic rings. The molecule has 0 saturated carbocycles. The van der Waals surface area contributed by atoms with Gasteiger partial charge in [-0.3, -0.25) is 4.79 Å². The normalized spacial score (nSPS) is 15.8. The maximum Gasteiger partial charge on any atom is 0.257 e. The first-order valence-corrected chi connectivity index (χ1v) is 8.24.